The van der Waals surface area contributed by atoms with E-state index < -0.39 is 0 Å². The maximum atomic E-state index is 4.61. The van der Waals surface area contributed by atoms with E-state index in [0.717, 1.165) is 0 Å². The molecule has 0 aromatic carbocycles. The van der Waals surface area contributed by atoms with Gasteiger partial charge in [-0.3, -0.25) is 0 Å². The van der Waals surface area contributed by atoms with E-state index in [1.165, 1.54) is 37.0 Å². The second-order valence-corrected chi connectivity index (χ2v) is 11.6. The molecule has 2 aliphatic rings. The van der Waals surface area contributed by atoms with Crippen LogP contribution in [0.25, 0.3) is 0 Å². The van der Waals surface area contributed by atoms with Gasteiger partial charge in [0.15, 0.2) is 0 Å². The molecule has 0 heterocycles. The zero-order chi connectivity index (χ0) is 20.5. The van der Waals surface area contributed by atoms with Gasteiger partial charge in [-0.2, -0.15) is 0 Å². The van der Waals surface area contributed by atoms with Crippen LogP contribution in [0.3, 0.4) is 0 Å². The van der Waals surface area contributed by atoms with Crippen molar-refractivity contribution >= 4 is 25.3 Å². The number of halogens is 1. The molecule has 0 atom stereocenters. The van der Waals surface area contributed by atoms with Gasteiger partial charge in [0, 0.05) is 0 Å². The van der Waals surface area contributed by atoms with E-state index in [0.29, 0.717) is 15.8 Å². The molecule has 0 nitrogen and oxygen atoms in total. The van der Waals surface area contributed by atoms with E-state index in [-0.39, 0.29) is 17.1 Å². The summed E-state index contributed by atoms with van der Waals surface area (Å²) >= 11 is 1.61. The molecule has 27 heavy (non-hydrogen) atoms. The van der Waals surface area contributed by atoms with E-state index in [1.54, 1.807) is 18.8 Å². The van der Waals surface area contributed by atoms with Crippen LogP contribution in [0.5, 0.6) is 0 Å². The van der Waals surface area contributed by atoms with Gasteiger partial charge in [0.05, 0.1) is 0 Å². The van der Waals surface area contributed by atoms with Crippen LogP contribution in [-0.2, 0) is 35.8 Å². The van der Waals surface area contributed by atoms with Crippen LogP contribution >= 0.6 is 25.3 Å². The van der Waals surface area contributed by atoms with Crippen LogP contribution in [0.4, 0.5) is 0 Å². The molecule has 160 valence electrons. The van der Waals surface area contributed by atoms with Crippen molar-refractivity contribution in [2.75, 3.05) is 37.0 Å². The second kappa shape index (κ2) is 35.8. The molecule has 0 amide bonds. The normalized spacial score (nSPS) is 14.5. The molecule has 0 aromatic rings. The van der Waals surface area contributed by atoms with Gasteiger partial charge < -0.3 is 6.42 Å². The van der Waals surface area contributed by atoms with Gasteiger partial charge in [0.2, 0.25) is 0 Å². The van der Waals surface area contributed by atoms with Gasteiger partial charge in [-0.15, -0.1) is 15.8 Å². The predicted octanol–water partition coefficient (Wildman–Crippen LogP) is 7.66. The Morgan fingerprint density at radius 1 is 0.556 bits per heavy atom. The van der Waals surface area contributed by atoms with Gasteiger partial charge >= 0.3 is 45.3 Å². The monoisotopic (exact) mass is 651 g/mol. The minimum Gasteiger partial charge on any atom is 2.00 e. The molecule has 0 unspecified atom stereocenters. The van der Waals surface area contributed by atoms with Crippen LogP contribution in [-0.4, -0.2) is 37.0 Å². The molecule has 0 aromatic heterocycles. The summed E-state index contributed by atoms with van der Waals surface area (Å²) in [6, 6.07) is 0. The molecular formula is C22H39ClFeP2Pt+2. The first-order valence-electron chi connectivity index (χ1n) is 9.50. The first kappa shape index (κ1) is 36.7. The van der Waals surface area contributed by atoms with Crippen LogP contribution < -0.4 is 0 Å². The summed E-state index contributed by atoms with van der Waals surface area (Å²) in [5.41, 5.74) is 0. The Hall–Kier alpha value is 2.36. The fraction of sp³-hybridized carbons (Fsp3) is 0.545. The average Bonchev–Trinajstić information content (AvgIpc) is 3.45. The Morgan fingerprint density at radius 2 is 0.778 bits per heavy atom. The first-order valence-corrected chi connectivity index (χ1v) is 16.1. The molecule has 2 fully saturated rings. The van der Waals surface area contributed by atoms with Crippen LogP contribution in [0, 0.1) is 64.2 Å². The Balaban J connectivity index is -0.000000126. The van der Waals surface area contributed by atoms with Crippen LogP contribution in [0.15, 0.2) is 0 Å². The van der Waals surface area contributed by atoms with Crippen molar-refractivity contribution in [1.82, 2.24) is 0 Å². The Labute approximate surface area is 202 Å². The molecule has 0 bridgehead atoms. The predicted molar refractivity (Wildman–Crippen MR) is 125 cm³/mol. The quantitative estimate of drug-likeness (QED) is 0.157. The molecule has 0 N–H and O–H groups in total. The fourth-order valence-corrected chi connectivity index (χ4v) is 4.62. The Bertz CT molecular complexity index is 160. The topological polar surface area (TPSA) is 0 Å². The number of hydrogen-bond donors (Lipinski definition) is 0. The van der Waals surface area contributed by atoms with Crippen molar-refractivity contribution < 1.29 is 35.8 Å². The smallest absolute Gasteiger partial charge is 2.00 e. The third-order valence-electron chi connectivity index (χ3n) is 3.73. The van der Waals surface area contributed by atoms with Crippen molar-refractivity contribution in [3.8, 4) is 0 Å². The van der Waals surface area contributed by atoms with Gasteiger partial charge in [-0.25, -0.2) is 12.8 Å². The summed E-state index contributed by atoms with van der Waals surface area (Å²) in [6.45, 7) is 13.7. The minimum absolute atomic E-state index is 0. The van der Waals surface area contributed by atoms with E-state index in [2.05, 4.69) is 57.4 Å². The van der Waals surface area contributed by atoms with E-state index in [1.807, 2.05) is 57.8 Å². The Kier molecular flexibility index (Phi) is 48.6. The van der Waals surface area contributed by atoms with Crippen molar-refractivity contribution in [2.45, 2.75) is 41.5 Å². The summed E-state index contributed by atoms with van der Waals surface area (Å²) in [7, 11) is 5.50. The maximum Gasteiger partial charge on any atom is 2.00 e. The molecule has 0 saturated heterocycles. The number of rotatable bonds is 6. The summed E-state index contributed by atoms with van der Waals surface area (Å²) in [5, 5.41) is 0. The second-order valence-electron chi connectivity index (χ2n) is 5.09. The van der Waals surface area contributed by atoms with E-state index in [9.17, 15) is 0 Å². The number of hydrogen-bond acceptors (Lipinski definition) is 0. The zero-order valence-corrected chi connectivity index (χ0v) is 23.8. The average molecular weight is 652 g/mol. The van der Waals surface area contributed by atoms with Crippen molar-refractivity contribution in [1.29, 1.82) is 0 Å². The molecule has 10 radical (unpaired) electrons. The molecule has 2 rings (SSSR count). The van der Waals surface area contributed by atoms with E-state index in [4.69, 9.17) is 0 Å². The standard InChI is InChI=1S/2C6H15P.C5H5.C5H4.ClH.Fe.Pt/c2*1-4-7(5-2)6-3;2*1-2-4-5-3-1;;;/h2*4-6H2,1-3H3;1-5H;1-4H;1H;;/q;;;-1;;2*+2/p-1. The van der Waals surface area contributed by atoms with Crippen LogP contribution in [0.2, 0.25) is 0 Å². The van der Waals surface area contributed by atoms with Crippen LogP contribution in [0.1, 0.15) is 41.5 Å². The molecule has 2 aliphatic carbocycles. The molecule has 0 aliphatic heterocycles. The molecular weight excluding hydrogens is 613 g/mol. The summed E-state index contributed by atoms with van der Waals surface area (Å²) in [6.07, 6.45) is 29.0. The minimum atomic E-state index is 0. The summed E-state index contributed by atoms with van der Waals surface area (Å²) in [5.74, 6) is 0. The van der Waals surface area contributed by atoms with Gasteiger partial charge in [0.25, 0.3) is 0 Å². The van der Waals surface area contributed by atoms with Gasteiger partial charge in [-0.1, -0.05) is 54.4 Å². The maximum absolute atomic E-state index is 4.61. The van der Waals surface area contributed by atoms with Crippen molar-refractivity contribution in [3.63, 3.8) is 0 Å². The van der Waals surface area contributed by atoms with Gasteiger partial charge in [0.1, 0.15) is 0 Å². The Morgan fingerprint density at radius 3 is 0.852 bits per heavy atom. The molecule has 2 saturated carbocycles. The SMILES string of the molecule is CCP(CC)CC.CCP(CC)CC.[C-]1[CH][CH][CH][CH]1.[CH]1[CH][CH][CH][CH]1.[Cl][Pt+].[Fe+2]. The van der Waals surface area contributed by atoms with Crippen molar-refractivity contribution in [2.24, 2.45) is 0 Å². The van der Waals surface area contributed by atoms with Gasteiger partial charge in [-0.05, 0) is 69.1 Å². The third-order valence-corrected chi connectivity index (χ3v) is 9.10. The summed E-state index contributed by atoms with van der Waals surface area (Å²) < 4.78 is 0. The molecule has 0 spiro atoms. The summed E-state index contributed by atoms with van der Waals surface area (Å²) in [4.78, 5) is 0. The zero-order valence-electron chi connectivity index (χ0n) is 17.9. The largest absolute Gasteiger partial charge is 2.00 e. The van der Waals surface area contributed by atoms with Crippen molar-refractivity contribution in [3.05, 3.63) is 64.2 Å². The van der Waals surface area contributed by atoms with E-state index >= 15 is 0 Å². The molecule has 5 heteroatoms. The first-order chi connectivity index (χ1) is 12.7. The fourth-order valence-electron chi connectivity index (χ4n) is 1.94. The third kappa shape index (κ3) is 33.2.